The molecule has 104 valence electrons. The number of para-hydroxylation sites is 1. The molecule has 0 aliphatic carbocycles. The first kappa shape index (κ1) is 15.0. The summed E-state index contributed by atoms with van der Waals surface area (Å²) in [6.45, 7) is 1.78. The van der Waals surface area contributed by atoms with Crippen LogP contribution in [0.15, 0.2) is 30.3 Å². The molecule has 0 saturated carbocycles. The van der Waals surface area contributed by atoms with Crippen molar-refractivity contribution in [3.8, 4) is 5.75 Å². The Labute approximate surface area is 111 Å². The van der Waals surface area contributed by atoms with Crippen LogP contribution in [-0.4, -0.2) is 42.8 Å². The molecule has 1 atom stereocenters. The average molecular weight is 267 g/mol. The predicted octanol–water partition coefficient (Wildman–Crippen LogP) is 0.671. The van der Waals surface area contributed by atoms with Crippen molar-refractivity contribution in [2.75, 3.05) is 19.8 Å². The fourth-order valence-electron chi connectivity index (χ4n) is 1.24. The second kappa shape index (κ2) is 8.10. The van der Waals surface area contributed by atoms with E-state index in [2.05, 4.69) is 5.32 Å². The number of carboxylic acid groups (broad SMARTS) is 1. The van der Waals surface area contributed by atoms with Gasteiger partial charge in [-0.2, -0.15) is 0 Å². The van der Waals surface area contributed by atoms with Gasteiger partial charge in [0, 0.05) is 0 Å². The number of hydrogen-bond donors (Lipinski definition) is 2. The molecule has 0 spiro atoms. The van der Waals surface area contributed by atoms with E-state index in [1.807, 2.05) is 30.3 Å². The molecule has 0 saturated heterocycles. The van der Waals surface area contributed by atoms with Gasteiger partial charge in [-0.25, -0.2) is 0 Å². The maximum atomic E-state index is 11.3. The van der Waals surface area contributed by atoms with E-state index in [1.54, 1.807) is 0 Å². The normalized spacial score (nSPS) is 11.6. The Morgan fingerprint density at radius 2 is 1.95 bits per heavy atom. The highest BCUT2D eigenvalue weighted by atomic mass is 16.5. The summed E-state index contributed by atoms with van der Waals surface area (Å²) in [5.74, 6) is -0.814. The van der Waals surface area contributed by atoms with Gasteiger partial charge in [-0.05, 0) is 19.1 Å². The van der Waals surface area contributed by atoms with Crippen molar-refractivity contribution in [3.05, 3.63) is 30.3 Å². The van der Waals surface area contributed by atoms with Gasteiger partial charge >= 0.3 is 5.97 Å². The van der Waals surface area contributed by atoms with E-state index < -0.39 is 17.9 Å². The first-order valence-corrected chi connectivity index (χ1v) is 5.87. The molecular formula is C13H17NO5. The van der Waals surface area contributed by atoms with Gasteiger partial charge in [0.25, 0.3) is 0 Å². The van der Waals surface area contributed by atoms with Crippen LogP contribution < -0.4 is 10.1 Å². The maximum absolute atomic E-state index is 11.3. The topological polar surface area (TPSA) is 84.9 Å². The SMILES string of the molecule is C[C@H](NC(=O)COCCOc1ccccc1)C(=O)O. The Hall–Kier alpha value is -2.08. The molecule has 0 aliphatic rings. The number of ether oxygens (including phenoxy) is 2. The van der Waals surface area contributed by atoms with Gasteiger partial charge in [0.2, 0.25) is 5.91 Å². The maximum Gasteiger partial charge on any atom is 0.325 e. The molecule has 6 nitrogen and oxygen atoms in total. The number of hydrogen-bond acceptors (Lipinski definition) is 4. The lowest BCUT2D eigenvalue weighted by molar-refractivity contribution is -0.142. The number of aliphatic carboxylic acids is 1. The standard InChI is InChI=1S/C13H17NO5/c1-10(13(16)17)14-12(15)9-18-7-8-19-11-5-3-2-4-6-11/h2-6,10H,7-9H2,1H3,(H,14,15)(H,16,17)/t10-/m0/s1. The number of nitrogens with one attached hydrogen (secondary N) is 1. The fraction of sp³-hybridized carbons (Fsp3) is 0.385. The van der Waals surface area contributed by atoms with E-state index in [0.717, 1.165) is 5.75 Å². The van der Waals surface area contributed by atoms with Gasteiger partial charge in [-0.15, -0.1) is 0 Å². The van der Waals surface area contributed by atoms with E-state index >= 15 is 0 Å². The number of benzene rings is 1. The van der Waals surface area contributed by atoms with Crippen LogP contribution in [0.3, 0.4) is 0 Å². The third kappa shape index (κ3) is 6.42. The summed E-state index contributed by atoms with van der Waals surface area (Å²) >= 11 is 0. The summed E-state index contributed by atoms with van der Waals surface area (Å²) in [5, 5.41) is 10.9. The smallest absolute Gasteiger partial charge is 0.325 e. The lowest BCUT2D eigenvalue weighted by Gasteiger charge is -2.10. The van der Waals surface area contributed by atoms with Crippen LogP contribution in [0.2, 0.25) is 0 Å². The lowest BCUT2D eigenvalue weighted by Crippen LogP contribution is -2.40. The van der Waals surface area contributed by atoms with Crippen molar-refractivity contribution in [1.82, 2.24) is 5.32 Å². The minimum absolute atomic E-state index is 0.185. The van der Waals surface area contributed by atoms with Crippen LogP contribution in [-0.2, 0) is 14.3 Å². The molecule has 0 heterocycles. The van der Waals surface area contributed by atoms with E-state index in [1.165, 1.54) is 6.92 Å². The molecule has 0 unspecified atom stereocenters. The molecule has 0 fully saturated rings. The summed E-state index contributed by atoms with van der Waals surface area (Å²) in [5.41, 5.74) is 0. The van der Waals surface area contributed by atoms with E-state index in [-0.39, 0.29) is 13.2 Å². The third-order valence-electron chi connectivity index (χ3n) is 2.22. The first-order chi connectivity index (χ1) is 9.09. The van der Waals surface area contributed by atoms with Crippen LogP contribution in [0.25, 0.3) is 0 Å². The predicted molar refractivity (Wildman–Crippen MR) is 68.0 cm³/mol. The summed E-state index contributed by atoms with van der Waals surface area (Å²) in [7, 11) is 0. The molecule has 0 radical (unpaired) electrons. The van der Waals surface area contributed by atoms with Crippen molar-refractivity contribution < 1.29 is 24.2 Å². The number of amides is 1. The lowest BCUT2D eigenvalue weighted by atomic mass is 10.3. The van der Waals surface area contributed by atoms with E-state index in [4.69, 9.17) is 14.6 Å². The Bertz CT molecular complexity index is 407. The minimum Gasteiger partial charge on any atom is -0.491 e. The Kier molecular flexibility index (Phi) is 6.38. The van der Waals surface area contributed by atoms with Crippen LogP contribution >= 0.6 is 0 Å². The molecule has 1 aromatic rings. The summed E-state index contributed by atoms with van der Waals surface area (Å²) in [6.07, 6.45) is 0. The molecule has 1 amide bonds. The molecule has 6 heteroatoms. The van der Waals surface area contributed by atoms with Crippen molar-refractivity contribution in [2.45, 2.75) is 13.0 Å². The summed E-state index contributed by atoms with van der Waals surface area (Å²) in [6, 6.07) is 8.32. The quantitative estimate of drug-likeness (QED) is 0.676. The molecule has 0 aliphatic heterocycles. The number of carbonyl (C=O) groups excluding carboxylic acids is 1. The van der Waals surface area contributed by atoms with Crippen LogP contribution in [0.1, 0.15) is 6.92 Å². The monoisotopic (exact) mass is 267 g/mol. The van der Waals surface area contributed by atoms with E-state index in [0.29, 0.717) is 6.61 Å². The van der Waals surface area contributed by atoms with Crippen molar-refractivity contribution in [1.29, 1.82) is 0 Å². The van der Waals surface area contributed by atoms with Gasteiger partial charge in [0.15, 0.2) is 0 Å². The van der Waals surface area contributed by atoms with Gasteiger partial charge in [-0.3, -0.25) is 9.59 Å². The molecule has 1 aromatic carbocycles. The van der Waals surface area contributed by atoms with Crippen LogP contribution in [0.4, 0.5) is 0 Å². The highest BCUT2D eigenvalue weighted by Crippen LogP contribution is 2.07. The molecular weight excluding hydrogens is 250 g/mol. The van der Waals surface area contributed by atoms with Crippen LogP contribution in [0, 0.1) is 0 Å². The molecule has 2 N–H and O–H groups in total. The summed E-state index contributed by atoms with van der Waals surface area (Å²) < 4.78 is 10.4. The minimum atomic E-state index is -1.08. The zero-order chi connectivity index (χ0) is 14.1. The molecule has 19 heavy (non-hydrogen) atoms. The molecule has 0 aromatic heterocycles. The van der Waals surface area contributed by atoms with Gasteiger partial charge in [0.05, 0.1) is 6.61 Å². The van der Waals surface area contributed by atoms with Gasteiger partial charge < -0.3 is 19.9 Å². The highest BCUT2D eigenvalue weighted by molar-refractivity contribution is 5.83. The Balaban J connectivity index is 2.08. The second-order valence-electron chi connectivity index (χ2n) is 3.84. The molecule has 1 rings (SSSR count). The highest BCUT2D eigenvalue weighted by Gasteiger charge is 2.13. The third-order valence-corrected chi connectivity index (χ3v) is 2.22. The zero-order valence-corrected chi connectivity index (χ0v) is 10.7. The van der Waals surface area contributed by atoms with Gasteiger partial charge in [0.1, 0.15) is 25.0 Å². The molecule has 0 bridgehead atoms. The van der Waals surface area contributed by atoms with Gasteiger partial charge in [-0.1, -0.05) is 18.2 Å². The Morgan fingerprint density at radius 1 is 1.26 bits per heavy atom. The fourth-order valence-corrected chi connectivity index (χ4v) is 1.24. The van der Waals surface area contributed by atoms with Crippen LogP contribution in [0.5, 0.6) is 5.75 Å². The Morgan fingerprint density at radius 3 is 2.58 bits per heavy atom. The second-order valence-corrected chi connectivity index (χ2v) is 3.84. The van der Waals surface area contributed by atoms with Crippen molar-refractivity contribution in [2.24, 2.45) is 0 Å². The van der Waals surface area contributed by atoms with Crippen molar-refractivity contribution >= 4 is 11.9 Å². The number of carboxylic acids is 1. The largest absolute Gasteiger partial charge is 0.491 e. The van der Waals surface area contributed by atoms with Crippen molar-refractivity contribution in [3.63, 3.8) is 0 Å². The summed E-state index contributed by atoms with van der Waals surface area (Å²) in [4.78, 5) is 21.7. The average Bonchev–Trinajstić information content (AvgIpc) is 2.39. The number of carbonyl (C=O) groups is 2. The van der Waals surface area contributed by atoms with E-state index in [9.17, 15) is 9.59 Å². The zero-order valence-electron chi connectivity index (χ0n) is 10.7. The first-order valence-electron chi connectivity index (χ1n) is 5.87. The number of rotatable bonds is 8.